The van der Waals surface area contributed by atoms with E-state index in [9.17, 15) is 4.57 Å². The number of hydrogen-bond acceptors (Lipinski definition) is 2. The largest absolute Gasteiger partial charge is 0.443 e. The summed E-state index contributed by atoms with van der Waals surface area (Å²) in [5, 5.41) is 0. The van der Waals surface area contributed by atoms with Gasteiger partial charge < -0.3 is 4.52 Å². The number of hydrogen-bond donors (Lipinski definition) is 0. The zero-order chi connectivity index (χ0) is 9.03. The highest BCUT2D eigenvalue weighted by Gasteiger charge is 2.12. The molecule has 0 aliphatic rings. The summed E-state index contributed by atoms with van der Waals surface area (Å²) in [6.45, 7) is 3.52. The van der Waals surface area contributed by atoms with E-state index in [1.54, 1.807) is 6.66 Å². The summed E-state index contributed by atoms with van der Waals surface area (Å²) in [6.07, 6.45) is 0.571. The van der Waals surface area contributed by atoms with Crippen LogP contribution in [0.25, 0.3) is 0 Å². The van der Waals surface area contributed by atoms with Crippen molar-refractivity contribution in [3.8, 4) is 5.75 Å². The maximum absolute atomic E-state index is 11.5. The Labute approximate surface area is 73.0 Å². The number of rotatable bonds is 3. The highest BCUT2D eigenvalue weighted by atomic mass is 31.2. The second-order valence-corrected chi connectivity index (χ2v) is 5.58. The van der Waals surface area contributed by atoms with Gasteiger partial charge in [0.05, 0.1) is 0 Å². The first-order chi connectivity index (χ1) is 5.64. The molecule has 0 fully saturated rings. The predicted molar refractivity (Wildman–Crippen MR) is 51.1 cm³/mol. The van der Waals surface area contributed by atoms with Gasteiger partial charge in [-0.2, -0.15) is 0 Å². The van der Waals surface area contributed by atoms with Gasteiger partial charge in [0.2, 0.25) is 7.37 Å². The fraction of sp³-hybridized carbons (Fsp3) is 0.333. The van der Waals surface area contributed by atoms with E-state index >= 15 is 0 Å². The normalized spacial score (nSPS) is 15.2. The van der Waals surface area contributed by atoms with Crippen LogP contribution in [0.4, 0.5) is 0 Å². The van der Waals surface area contributed by atoms with Crippen LogP contribution in [0.15, 0.2) is 30.3 Å². The van der Waals surface area contributed by atoms with Crippen molar-refractivity contribution >= 4 is 7.37 Å². The monoisotopic (exact) mass is 184 g/mol. The van der Waals surface area contributed by atoms with Gasteiger partial charge in [-0.25, -0.2) is 0 Å². The van der Waals surface area contributed by atoms with Crippen LogP contribution < -0.4 is 4.52 Å². The average molecular weight is 184 g/mol. The van der Waals surface area contributed by atoms with Crippen molar-refractivity contribution in [2.75, 3.05) is 12.8 Å². The van der Waals surface area contributed by atoms with Gasteiger partial charge in [-0.05, 0) is 12.1 Å². The van der Waals surface area contributed by atoms with Gasteiger partial charge in [0.25, 0.3) is 0 Å². The minimum atomic E-state index is -2.40. The fourth-order valence-corrected chi connectivity index (χ4v) is 1.47. The Morgan fingerprint density at radius 3 is 2.42 bits per heavy atom. The Balaban J connectivity index is 2.71. The predicted octanol–water partition coefficient (Wildman–Crippen LogP) is 2.99. The summed E-state index contributed by atoms with van der Waals surface area (Å²) in [7, 11) is -2.40. The molecule has 1 aromatic rings. The van der Waals surface area contributed by atoms with E-state index < -0.39 is 7.37 Å². The highest BCUT2D eigenvalue weighted by molar-refractivity contribution is 7.58. The van der Waals surface area contributed by atoms with Crippen LogP contribution in [0.5, 0.6) is 5.75 Å². The molecule has 1 aromatic carbocycles. The SMILES string of the molecule is CC[P@](C)(=O)Oc1ccccc1. The lowest BCUT2D eigenvalue weighted by Gasteiger charge is -2.12. The molecule has 1 atom stereocenters. The Bertz CT molecular complexity index is 282. The zero-order valence-corrected chi connectivity index (χ0v) is 8.25. The van der Waals surface area contributed by atoms with Crippen molar-refractivity contribution in [3.05, 3.63) is 30.3 Å². The Hall–Kier alpha value is -0.750. The minimum Gasteiger partial charge on any atom is -0.443 e. The van der Waals surface area contributed by atoms with Gasteiger partial charge in [0.15, 0.2) is 0 Å². The van der Waals surface area contributed by atoms with E-state index in [1.165, 1.54) is 0 Å². The summed E-state index contributed by atoms with van der Waals surface area (Å²) in [6, 6.07) is 9.26. The molecule has 0 aromatic heterocycles. The van der Waals surface area contributed by atoms with Gasteiger partial charge in [-0.15, -0.1) is 0 Å². The third-order valence-electron chi connectivity index (χ3n) is 1.62. The molecule has 0 bridgehead atoms. The van der Waals surface area contributed by atoms with Crippen LogP contribution in [0.1, 0.15) is 6.92 Å². The average Bonchev–Trinajstić information content (AvgIpc) is 2.06. The quantitative estimate of drug-likeness (QED) is 0.675. The lowest BCUT2D eigenvalue weighted by Crippen LogP contribution is -1.92. The molecule has 66 valence electrons. The first-order valence-electron chi connectivity index (χ1n) is 3.95. The molecular formula is C9H13O2P. The second-order valence-electron chi connectivity index (χ2n) is 2.73. The number of benzene rings is 1. The van der Waals surface area contributed by atoms with Crippen molar-refractivity contribution < 1.29 is 9.09 Å². The molecule has 3 heteroatoms. The molecular weight excluding hydrogens is 171 g/mol. The van der Waals surface area contributed by atoms with Gasteiger partial charge >= 0.3 is 0 Å². The summed E-state index contributed by atoms with van der Waals surface area (Å²) in [5.41, 5.74) is 0. The van der Waals surface area contributed by atoms with Crippen LogP contribution in [0, 0.1) is 0 Å². The Kier molecular flexibility index (Phi) is 2.93. The smallest absolute Gasteiger partial charge is 0.244 e. The summed E-state index contributed by atoms with van der Waals surface area (Å²) in [5.74, 6) is 0.685. The second kappa shape index (κ2) is 3.77. The summed E-state index contributed by atoms with van der Waals surface area (Å²) in [4.78, 5) is 0. The van der Waals surface area contributed by atoms with Crippen LogP contribution in [-0.2, 0) is 4.57 Å². The molecule has 1 rings (SSSR count). The molecule has 12 heavy (non-hydrogen) atoms. The van der Waals surface area contributed by atoms with Crippen molar-refractivity contribution in [1.29, 1.82) is 0 Å². The van der Waals surface area contributed by atoms with Gasteiger partial charge in [0, 0.05) is 12.8 Å². The van der Waals surface area contributed by atoms with Gasteiger partial charge in [-0.3, -0.25) is 4.57 Å². The third-order valence-corrected chi connectivity index (χ3v) is 3.36. The fourth-order valence-electron chi connectivity index (χ4n) is 0.769. The lowest BCUT2D eigenvalue weighted by atomic mass is 10.3. The first-order valence-corrected chi connectivity index (χ1v) is 6.21. The van der Waals surface area contributed by atoms with E-state index in [4.69, 9.17) is 4.52 Å². The summed E-state index contributed by atoms with van der Waals surface area (Å²) >= 11 is 0. The molecule has 0 aliphatic carbocycles. The van der Waals surface area contributed by atoms with Crippen LogP contribution in [-0.4, -0.2) is 12.8 Å². The standard InChI is InChI=1S/C9H13O2P/c1-3-12(2,10)11-9-7-5-4-6-8-9/h4-8H,3H2,1-2H3/t12-/m1/s1. The molecule has 0 saturated heterocycles. The molecule has 0 saturated carbocycles. The maximum atomic E-state index is 11.5. The van der Waals surface area contributed by atoms with Crippen molar-refractivity contribution in [3.63, 3.8) is 0 Å². The highest BCUT2D eigenvalue weighted by Crippen LogP contribution is 2.42. The topological polar surface area (TPSA) is 26.3 Å². The van der Waals surface area contributed by atoms with Gasteiger partial charge in [0.1, 0.15) is 5.75 Å². The van der Waals surface area contributed by atoms with Gasteiger partial charge in [-0.1, -0.05) is 25.1 Å². The summed E-state index contributed by atoms with van der Waals surface area (Å²) < 4.78 is 16.8. The molecule has 0 N–H and O–H groups in total. The number of para-hydroxylation sites is 1. The zero-order valence-electron chi connectivity index (χ0n) is 7.36. The van der Waals surface area contributed by atoms with Crippen LogP contribution in [0.2, 0.25) is 0 Å². The molecule has 0 heterocycles. The Morgan fingerprint density at radius 1 is 1.33 bits per heavy atom. The van der Waals surface area contributed by atoms with Crippen molar-refractivity contribution in [1.82, 2.24) is 0 Å². The molecule has 0 unspecified atom stereocenters. The van der Waals surface area contributed by atoms with E-state index in [1.807, 2.05) is 37.3 Å². The van der Waals surface area contributed by atoms with Crippen molar-refractivity contribution in [2.24, 2.45) is 0 Å². The molecule has 0 radical (unpaired) electrons. The van der Waals surface area contributed by atoms with Crippen LogP contribution in [0.3, 0.4) is 0 Å². The third kappa shape index (κ3) is 2.71. The van der Waals surface area contributed by atoms with E-state index in [0.29, 0.717) is 11.9 Å². The van der Waals surface area contributed by atoms with Crippen LogP contribution >= 0.6 is 7.37 Å². The maximum Gasteiger partial charge on any atom is 0.244 e. The molecule has 0 amide bonds. The van der Waals surface area contributed by atoms with E-state index in [-0.39, 0.29) is 0 Å². The molecule has 0 aliphatic heterocycles. The minimum absolute atomic E-state index is 0.571. The molecule has 0 spiro atoms. The molecule has 2 nitrogen and oxygen atoms in total. The van der Waals surface area contributed by atoms with E-state index in [2.05, 4.69) is 0 Å². The lowest BCUT2D eigenvalue weighted by molar-refractivity contribution is 0.489. The first kappa shape index (κ1) is 9.34. The van der Waals surface area contributed by atoms with E-state index in [0.717, 1.165) is 0 Å². The Morgan fingerprint density at radius 2 is 1.92 bits per heavy atom. The van der Waals surface area contributed by atoms with Crippen molar-refractivity contribution in [2.45, 2.75) is 6.92 Å².